The third-order valence-corrected chi connectivity index (χ3v) is 7.26. The Morgan fingerprint density at radius 3 is 2.67 bits per heavy atom. The zero-order chi connectivity index (χ0) is 23.8. The molecule has 2 aliphatic heterocycles. The highest BCUT2D eigenvalue weighted by Crippen LogP contribution is 2.42. The van der Waals surface area contributed by atoms with E-state index in [1.165, 1.54) is 6.07 Å². The second-order valence-corrected chi connectivity index (χ2v) is 9.22. The minimum absolute atomic E-state index is 0.0667. The number of nitrogens with two attached hydrogens (primary N) is 1. The van der Waals surface area contributed by atoms with E-state index in [0.29, 0.717) is 22.5 Å². The maximum Gasteiger partial charge on any atom is 0.343 e. The molecule has 0 bridgehead atoms. The molecule has 0 saturated carbocycles. The van der Waals surface area contributed by atoms with Gasteiger partial charge in [-0.05, 0) is 49.4 Å². The highest BCUT2D eigenvalue weighted by Gasteiger charge is 2.45. The van der Waals surface area contributed by atoms with Crippen molar-refractivity contribution < 1.29 is 19.0 Å². The summed E-state index contributed by atoms with van der Waals surface area (Å²) >= 11 is 0. The van der Waals surface area contributed by atoms with Gasteiger partial charge in [0.2, 0.25) is 0 Å². The van der Waals surface area contributed by atoms with E-state index < -0.39 is 11.6 Å². The van der Waals surface area contributed by atoms with Crippen LogP contribution in [0, 0.1) is 12.7 Å². The Labute approximate surface area is 190 Å². The maximum absolute atomic E-state index is 14.5. The quantitative estimate of drug-likeness (QED) is 0.464. The van der Waals surface area contributed by atoms with Gasteiger partial charge in [-0.25, -0.2) is 14.2 Å². The van der Waals surface area contributed by atoms with E-state index in [1.807, 2.05) is 13.8 Å². The fraction of sp³-hybridized carbons (Fsp3) is 0.400. The average Bonchev–Trinajstić information content (AvgIpc) is 3.14. The predicted octanol–water partition coefficient (Wildman–Crippen LogP) is 2.98. The maximum atomic E-state index is 14.5. The molecule has 2 aromatic heterocycles. The van der Waals surface area contributed by atoms with E-state index in [2.05, 4.69) is 0 Å². The zero-order valence-electron chi connectivity index (χ0n) is 19.0. The normalized spacial score (nSPS) is 20.8. The minimum atomic E-state index is -1.90. The number of pyridine rings is 2. The molecular formula is C25H26FN3O4. The number of aromatic nitrogens is 2. The Hall–Kier alpha value is -3.10. The highest BCUT2D eigenvalue weighted by molar-refractivity contribution is 5.90. The first-order valence-corrected chi connectivity index (χ1v) is 11.1. The van der Waals surface area contributed by atoms with Crippen LogP contribution in [0.1, 0.15) is 60.9 Å². The number of cyclic esters (lactones) is 1. The van der Waals surface area contributed by atoms with Gasteiger partial charge < -0.3 is 20.1 Å². The molecule has 3 aromatic rings. The molecule has 2 aliphatic rings. The van der Waals surface area contributed by atoms with E-state index >= 15 is 0 Å². The number of fused-ring (bicyclic) bond motifs is 5. The smallest absolute Gasteiger partial charge is 0.343 e. The molecule has 0 fully saturated rings. The van der Waals surface area contributed by atoms with Gasteiger partial charge in [0.05, 0.1) is 29.0 Å². The number of carbonyl (C=O) groups excluding carboxylic acids is 1. The fourth-order valence-corrected chi connectivity index (χ4v) is 5.02. The second kappa shape index (κ2) is 7.20. The topological polar surface area (TPSA) is 107 Å². The van der Waals surface area contributed by atoms with Crippen LogP contribution in [-0.4, -0.2) is 26.7 Å². The lowest BCUT2D eigenvalue weighted by atomic mass is 9.85. The lowest BCUT2D eigenvalue weighted by molar-refractivity contribution is -0.172. The molecule has 8 heteroatoms. The van der Waals surface area contributed by atoms with Gasteiger partial charge in [-0.15, -0.1) is 0 Å². The summed E-state index contributed by atoms with van der Waals surface area (Å²) in [7, 11) is 0. The van der Waals surface area contributed by atoms with Crippen molar-refractivity contribution in [1.29, 1.82) is 0 Å². The van der Waals surface area contributed by atoms with Crippen LogP contribution in [0.25, 0.3) is 22.3 Å². The molecule has 7 nitrogen and oxygen atoms in total. The Morgan fingerprint density at radius 2 is 2.00 bits per heavy atom. The predicted molar refractivity (Wildman–Crippen MR) is 121 cm³/mol. The van der Waals surface area contributed by atoms with E-state index in [0.717, 1.165) is 16.5 Å². The highest BCUT2D eigenvalue weighted by atomic mass is 19.1. The molecular weight excluding hydrogens is 425 g/mol. The van der Waals surface area contributed by atoms with Crippen LogP contribution in [0.5, 0.6) is 0 Å². The van der Waals surface area contributed by atoms with Gasteiger partial charge in [-0.1, -0.05) is 13.8 Å². The standard InChI is InChI=1S/C25H26FN3O4/c1-5-25(32)17-7-20-22-15(9-29(20)23(30)16(17)10-33-24(25)31)21(12(3)13(4)27)14-6-11(2)18(26)8-19(14)28-22/h6-8,12-13,32H,5,9-10,27H2,1-4H3/t12-,13+,25-/m0/s1. The number of hydrogen-bond donors (Lipinski definition) is 2. The van der Waals surface area contributed by atoms with Crippen molar-refractivity contribution in [2.75, 3.05) is 0 Å². The monoisotopic (exact) mass is 451 g/mol. The lowest BCUT2D eigenvalue weighted by Crippen LogP contribution is -2.44. The zero-order valence-corrected chi connectivity index (χ0v) is 19.0. The molecule has 0 aliphatic carbocycles. The summed E-state index contributed by atoms with van der Waals surface area (Å²) in [4.78, 5) is 30.6. The van der Waals surface area contributed by atoms with Crippen LogP contribution < -0.4 is 11.3 Å². The van der Waals surface area contributed by atoms with Gasteiger partial charge in [0.15, 0.2) is 5.60 Å². The van der Waals surface area contributed by atoms with Crippen molar-refractivity contribution >= 4 is 16.9 Å². The number of benzene rings is 1. The van der Waals surface area contributed by atoms with Crippen LogP contribution >= 0.6 is 0 Å². The number of nitrogens with zero attached hydrogens (tertiary/aromatic N) is 2. The van der Waals surface area contributed by atoms with E-state index in [4.69, 9.17) is 15.5 Å². The van der Waals surface area contributed by atoms with Gasteiger partial charge in [0.25, 0.3) is 5.56 Å². The Balaban J connectivity index is 1.86. The van der Waals surface area contributed by atoms with Crippen molar-refractivity contribution in [3.63, 3.8) is 0 Å². The summed E-state index contributed by atoms with van der Waals surface area (Å²) in [5.41, 5.74) is 8.39. The average molecular weight is 451 g/mol. The number of rotatable bonds is 3. The second-order valence-electron chi connectivity index (χ2n) is 9.22. The number of aliphatic hydroxyl groups is 1. The van der Waals surface area contributed by atoms with Gasteiger partial charge in [-0.2, -0.15) is 0 Å². The summed E-state index contributed by atoms with van der Waals surface area (Å²) in [6, 6.07) is 4.66. The first kappa shape index (κ1) is 21.7. The summed E-state index contributed by atoms with van der Waals surface area (Å²) in [5.74, 6) is -1.21. The lowest BCUT2D eigenvalue weighted by Gasteiger charge is -2.31. The number of carbonyl (C=O) groups is 1. The first-order chi connectivity index (χ1) is 15.6. The third kappa shape index (κ3) is 2.90. The molecule has 3 N–H and O–H groups in total. The van der Waals surface area contributed by atoms with Gasteiger partial charge >= 0.3 is 5.97 Å². The molecule has 33 heavy (non-hydrogen) atoms. The number of hydrogen-bond acceptors (Lipinski definition) is 6. The molecule has 1 aromatic carbocycles. The molecule has 3 atom stereocenters. The van der Waals surface area contributed by atoms with Gasteiger partial charge in [-0.3, -0.25) is 4.79 Å². The van der Waals surface area contributed by atoms with Crippen LogP contribution in [0.15, 0.2) is 23.0 Å². The molecule has 4 heterocycles. The molecule has 0 spiro atoms. The van der Waals surface area contributed by atoms with Crippen molar-refractivity contribution in [1.82, 2.24) is 9.55 Å². The Morgan fingerprint density at radius 1 is 1.27 bits per heavy atom. The van der Waals surface area contributed by atoms with Crippen molar-refractivity contribution in [2.24, 2.45) is 5.73 Å². The summed E-state index contributed by atoms with van der Waals surface area (Å²) < 4.78 is 21.2. The van der Waals surface area contributed by atoms with Crippen LogP contribution in [-0.2, 0) is 28.3 Å². The molecule has 0 saturated heterocycles. The number of ether oxygens (including phenoxy) is 1. The molecule has 172 valence electrons. The number of aryl methyl sites for hydroxylation is 1. The first-order valence-electron chi connectivity index (χ1n) is 11.1. The third-order valence-electron chi connectivity index (χ3n) is 7.26. The molecule has 5 rings (SSSR count). The molecule has 0 radical (unpaired) electrons. The number of esters is 1. The van der Waals surface area contributed by atoms with Crippen LogP contribution in [0.3, 0.4) is 0 Å². The van der Waals surface area contributed by atoms with Crippen LogP contribution in [0.2, 0.25) is 0 Å². The van der Waals surface area contributed by atoms with E-state index in [-0.39, 0.29) is 54.0 Å². The van der Waals surface area contributed by atoms with E-state index in [9.17, 15) is 19.1 Å². The SMILES string of the molecule is CC[C@@]1(O)C(=O)OCc2c1cc1n(c2=O)Cc2c-1nc1cc(F)c(C)cc1c2[C@@H](C)[C@@H](C)N. The van der Waals surface area contributed by atoms with Gasteiger partial charge in [0.1, 0.15) is 12.4 Å². The Bertz CT molecular complexity index is 1410. The summed E-state index contributed by atoms with van der Waals surface area (Å²) in [6.07, 6.45) is 0.0667. The van der Waals surface area contributed by atoms with Crippen molar-refractivity contribution in [3.8, 4) is 11.4 Å². The molecule has 0 amide bonds. The molecule has 0 unspecified atom stereocenters. The van der Waals surface area contributed by atoms with Crippen LogP contribution in [0.4, 0.5) is 4.39 Å². The van der Waals surface area contributed by atoms with E-state index in [1.54, 1.807) is 30.5 Å². The summed E-state index contributed by atoms with van der Waals surface area (Å²) in [6.45, 7) is 7.39. The Kier molecular flexibility index (Phi) is 4.74. The summed E-state index contributed by atoms with van der Waals surface area (Å²) in [5, 5.41) is 11.9. The fourth-order valence-electron chi connectivity index (χ4n) is 5.02. The largest absolute Gasteiger partial charge is 0.458 e. The minimum Gasteiger partial charge on any atom is -0.458 e. The van der Waals surface area contributed by atoms with Crippen molar-refractivity contribution in [2.45, 2.75) is 64.8 Å². The van der Waals surface area contributed by atoms with Gasteiger partial charge in [0, 0.05) is 28.6 Å². The number of halogens is 1. The van der Waals surface area contributed by atoms with Crippen molar-refractivity contribution in [3.05, 3.63) is 62.2 Å².